The van der Waals surface area contributed by atoms with E-state index in [-0.39, 0.29) is 11.3 Å². The molecule has 0 aliphatic heterocycles. The van der Waals surface area contributed by atoms with Gasteiger partial charge in [0.25, 0.3) is 0 Å². The van der Waals surface area contributed by atoms with Crippen LogP contribution in [0.25, 0.3) is 0 Å². The van der Waals surface area contributed by atoms with E-state index >= 15 is 0 Å². The molecular weight excluding hydrogens is 356 g/mol. The summed E-state index contributed by atoms with van der Waals surface area (Å²) in [5.41, 5.74) is -0.0420. The molecular formula is C23H36O3S. The van der Waals surface area contributed by atoms with Gasteiger partial charge in [0, 0.05) is 22.6 Å². The van der Waals surface area contributed by atoms with Crippen LogP contribution in [0.4, 0.5) is 0 Å². The predicted octanol–water partition coefficient (Wildman–Crippen LogP) is 5.79. The van der Waals surface area contributed by atoms with Crippen LogP contribution in [0.2, 0.25) is 0 Å². The molecule has 0 radical (unpaired) electrons. The lowest BCUT2D eigenvalue weighted by atomic mass is 9.46. The molecule has 152 valence electrons. The van der Waals surface area contributed by atoms with Gasteiger partial charge in [0.1, 0.15) is 11.5 Å². The third-order valence-electron chi connectivity index (χ3n) is 7.50. The highest BCUT2D eigenvalue weighted by atomic mass is 32.2. The summed E-state index contributed by atoms with van der Waals surface area (Å²) in [6, 6.07) is 6.03. The van der Waals surface area contributed by atoms with Gasteiger partial charge in [0.15, 0.2) is 0 Å². The van der Waals surface area contributed by atoms with Crippen molar-refractivity contribution in [3.05, 3.63) is 18.2 Å². The van der Waals surface area contributed by atoms with Gasteiger partial charge in [0.05, 0.1) is 19.8 Å². The minimum atomic E-state index is -0.603. The summed E-state index contributed by atoms with van der Waals surface area (Å²) >= 11 is 1.82. The maximum absolute atomic E-state index is 11.3. The van der Waals surface area contributed by atoms with Gasteiger partial charge >= 0.3 is 0 Å². The summed E-state index contributed by atoms with van der Waals surface area (Å²) in [5, 5.41) is 11.3. The summed E-state index contributed by atoms with van der Waals surface area (Å²) in [7, 11) is 3.37. The molecule has 0 saturated heterocycles. The molecule has 4 atom stereocenters. The van der Waals surface area contributed by atoms with Crippen LogP contribution >= 0.6 is 11.8 Å². The molecule has 0 heterocycles. The van der Waals surface area contributed by atoms with Gasteiger partial charge in [-0.3, -0.25) is 0 Å². The molecule has 2 aliphatic carbocycles. The Morgan fingerprint density at radius 3 is 2.22 bits per heavy atom. The van der Waals surface area contributed by atoms with Crippen LogP contribution in [-0.2, 0) is 0 Å². The van der Waals surface area contributed by atoms with Crippen LogP contribution in [-0.4, -0.2) is 30.7 Å². The molecule has 4 unspecified atom stereocenters. The van der Waals surface area contributed by atoms with Crippen molar-refractivity contribution in [2.45, 2.75) is 70.3 Å². The fourth-order valence-electron chi connectivity index (χ4n) is 6.04. The van der Waals surface area contributed by atoms with E-state index in [9.17, 15) is 5.11 Å². The second-order valence-electron chi connectivity index (χ2n) is 9.71. The summed E-state index contributed by atoms with van der Waals surface area (Å²) in [6.45, 7) is 9.38. The average Bonchev–Trinajstić information content (AvgIpc) is 2.59. The lowest BCUT2D eigenvalue weighted by Gasteiger charge is -2.61. The Kier molecular flexibility index (Phi) is 5.80. The molecule has 3 nitrogen and oxygen atoms in total. The van der Waals surface area contributed by atoms with Crippen molar-refractivity contribution in [3.8, 4) is 11.5 Å². The number of hydrogen-bond donors (Lipinski definition) is 1. The topological polar surface area (TPSA) is 38.7 Å². The van der Waals surface area contributed by atoms with Gasteiger partial charge in [-0.1, -0.05) is 27.2 Å². The first-order valence-corrected chi connectivity index (χ1v) is 11.2. The smallest absolute Gasteiger partial charge is 0.123 e. The number of hydrogen-bond acceptors (Lipinski definition) is 4. The number of aliphatic hydroxyl groups is 1. The van der Waals surface area contributed by atoms with Crippen molar-refractivity contribution < 1.29 is 14.6 Å². The van der Waals surface area contributed by atoms with Gasteiger partial charge in [-0.05, 0) is 61.5 Å². The van der Waals surface area contributed by atoms with Crippen LogP contribution in [0.5, 0.6) is 11.5 Å². The number of methoxy groups -OCH3 is 2. The van der Waals surface area contributed by atoms with Gasteiger partial charge in [-0.15, -0.1) is 11.8 Å². The minimum absolute atomic E-state index is 0.194. The molecule has 1 N–H and O–H groups in total. The molecule has 2 aliphatic rings. The third kappa shape index (κ3) is 3.98. The molecule has 0 spiro atoms. The van der Waals surface area contributed by atoms with E-state index in [1.807, 2.05) is 17.8 Å². The Hall–Kier alpha value is -0.870. The molecule has 2 saturated carbocycles. The number of benzene rings is 1. The van der Waals surface area contributed by atoms with Gasteiger partial charge in [0.2, 0.25) is 0 Å². The number of rotatable bonds is 5. The first kappa shape index (κ1) is 20.9. The van der Waals surface area contributed by atoms with E-state index in [0.717, 1.165) is 35.0 Å². The highest BCUT2D eigenvalue weighted by Crippen LogP contribution is 2.62. The van der Waals surface area contributed by atoms with Crippen molar-refractivity contribution >= 4 is 11.8 Å². The molecule has 0 amide bonds. The average molecular weight is 393 g/mol. The van der Waals surface area contributed by atoms with Crippen LogP contribution < -0.4 is 9.47 Å². The van der Waals surface area contributed by atoms with Crippen LogP contribution in [0.15, 0.2) is 23.1 Å². The van der Waals surface area contributed by atoms with Gasteiger partial charge < -0.3 is 14.6 Å². The largest absolute Gasteiger partial charge is 0.497 e. The summed E-state index contributed by atoms with van der Waals surface area (Å²) < 4.78 is 10.8. The van der Waals surface area contributed by atoms with E-state index in [1.54, 1.807) is 14.2 Å². The molecule has 0 bridgehead atoms. The van der Waals surface area contributed by atoms with Crippen molar-refractivity contribution in [2.75, 3.05) is 20.0 Å². The van der Waals surface area contributed by atoms with Crippen molar-refractivity contribution in [1.29, 1.82) is 0 Å². The monoisotopic (exact) mass is 392 g/mol. The van der Waals surface area contributed by atoms with Crippen molar-refractivity contribution in [2.24, 2.45) is 22.7 Å². The highest BCUT2D eigenvalue weighted by molar-refractivity contribution is 7.99. The number of ether oxygens (including phenoxy) is 2. The van der Waals surface area contributed by atoms with Crippen LogP contribution in [0.3, 0.4) is 0 Å². The highest BCUT2D eigenvalue weighted by Gasteiger charge is 2.57. The van der Waals surface area contributed by atoms with Gasteiger partial charge in [-0.25, -0.2) is 0 Å². The minimum Gasteiger partial charge on any atom is -0.497 e. The normalized spacial score (nSPS) is 35.4. The molecule has 1 aromatic carbocycles. The number of thioether (sulfide) groups is 1. The number of fused-ring (bicyclic) bond motifs is 1. The fraction of sp³-hybridized carbons (Fsp3) is 0.739. The Bertz CT molecular complexity index is 647. The van der Waals surface area contributed by atoms with Crippen molar-refractivity contribution in [1.82, 2.24) is 0 Å². The quantitative estimate of drug-likeness (QED) is 0.644. The Labute approximate surface area is 169 Å². The summed E-state index contributed by atoms with van der Waals surface area (Å²) in [4.78, 5) is 1.14. The zero-order chi connectivity index (χ0) is 19.9. The molecule has 1 aromatic rings. The molecule has 27 heavy (non-hydrogen) atoms. The second kappa shape index (κ2) is 7.51. The Morgan fingerprint density at radius 1 is 1.00 bits per heavy atom. The molecule has 0 aromatic heterocycles. The standard InChI is InChI=1S/C23H36O3S/c1-21(2)9-7-10-22(3)19(21)8-11-23(4,24)20(22)15-27-18-13-16(25-5)12-17(14-18)26-6/h12-14,19-20,24H,7-11,15H2,1-6H3. The first-order valence-electron chi connectivity index (χ1n) is 10.2. The zero-order valence-electron chi connectivity index (χ0n) is 17.8. The lowest BCUT2D eigenvalue weighted by molar-refractivity contribution is -0.158. The molecule has 4 heteroatoms. The van der Waals surface area contributed by atoms with E-state index in [1.165, 1.54) is 19.3 Å². The van der Waals surface area contributed by atoms with E-state index in [0.29, 0.717) is 11.3 Å². The van der Waals surface area contributed by atoms with E-state index in [2.05, 4.69) is 39.8 Å². The maximum atomic E-state index is 11.3. The second-order valence-corrected chi connectivity index (χ2v) is 10.8. The Balaban J connectivity index is 1.85. The molecule has 3 rings (SSSR count). The third-order valence-corrected chi connectivity index (χ3v) is 8.57. The van der Waals surface area contributed by atoms with Gasteiger partial charge in [-0.2, -0.15) is 0 Å². The SMILES string of the molecule is COc1cc(OC)cc(SCC2C(C)(O)CCC3C(C)(C)CCCC32C)c1. The van der Waals surface area contributed by atoms with E-state index in [4.69, 9.17) is 9.47 Å². The summed E-state index contributed by atoms with van der Waals surface area (Å²) in [6.07, 6.45) is 5.85. The maximum Gasteiger partial charge on any atom is 0.123 e. The van der Waals surface area contributed by atoms with Crippen LogP contribution in [0.1, 0.15) is 59.8 Å². The summed E-state index contributed by atoms with van der Waals surface area (Å²) in [5.74, 6) is 3.52. The van der Waals surface area contributed by atoms with Crippen LogP contribution in [0, 0.1) is 22.7 Å². The fourth-order valence-corrected chi connectivity index (χ4v) is 7.54. The Morgan fingerprint density at radius 2 is 1.63 bits per heavy atom. The van der Waals surface area contributed by atoms with E-state index < -0.39 is 5.60 Å². The predicted molar refractivity (Wildman–Crippen MR) is 113 cm³/mol. The first-order chi connectivity index (χ1) is 12.6. The molecule has 2 fully saturated rings. The lowest BCUT2D eigenvalue weighted by Crippen LogP contribution is -2.58. The zero-order valence-corrected chi connectivity index (χ0v) is 18.6. The van der Waals surface area contributed by atoms with Crippen molar-refractivity contribution in [3.63, 3.8) is 0 Å².